The van der Waals surface area contributed by atoms with E-state index in [2.05, 4.69) is 10.3 Å². The van der Waals surface area contributed by atoms with Gasteiger partial charge in [0.1, 0.15) is 0 Å². The Bertz CT molecular complexity index is 381. The third kappa shape index (κ3) is 2.40. The van der Waals surface area contributed by atoms with Crippen LogP contribution < -0.4 is 5.73 Å². The lowest BCUT2D eigenvalue weighted by Gasteiger charge is -2.25. The minimum Gasteiger partial charge on any atom is -0.369 e. The van der Waals surface area contributed by atoms with Crippen molar-refractivity contribution in [2.75, 3.05) is 0 Å². The molecule has 0 aromatic carbocycles. The van der Waals surface area contributed by atoms with Crippen molar-refractivity contribution in [3.05, 3.63) is 11.4 Å². The number of primary amides is 1. The zero-order valence-electron chi connectivity index (χ0n) is 9.65. The summed E-state index contributed by atoms with van der Waals surface area (Å²) in [6.45, 7) is 2.85. The van der Waals surface area contributed by atoms with Crippen LogP contribution in [0.2, 0.25) is 0 Å². The van der Waals surface area contributed by atoms with E-state index in [1.807, 2.05) is 11.6 Å². The molecule has 2 N–H and O–H groups in total. The molecule has 0 atom stereocenters. The van der Waals surface area contributed by atoms with Gasteiger partial charge in [-0.1, -0.05) is 24.5 Å². The predicted octanol–water partition coefficient (Wildman–Crippen LogP) is 0.805. The van der Waals surface area contributed by atoms with Gasteiger partial charge in [0.15, 0.2) is 0 Å². The molecule has 16 heavy (non-hydrogen) atoms. The number of amides is 1. The Morgan fingerprint density at radius 1 is 1.56 bits per heavy atom. The van der Waals surface area contributed by atoms with Crippen molar-refractivity contribution in [3.8, 4) is 0 Å². The Balaban J connectivity index is 1.93. The minimum absolute atomic E-state index is 0.190. The summed E-state index contributed by atoms with van der Waals surface area (Å²) >= 11 is 0. The summed E-state index contributed by atoms with van der Waals surface area (Å²) in [4.78, 5) is 10.8. The van der Waals surface area contributed by atoms with Crippen LogP contribution in [0.1, 0.15) is 37.1 Å². The maximum absolute atomic E-state index is 10.8. The van der Waals surface area contributed by atoms with E-state index < -0.39 is 0 Å². The number of carbonyl (C=O) groups excluding carboxylic acids is 1. The maximum Gasteiger partial charge on any atom is 0.223 e. The minimum atomic E-state index is -0.353. The first-order chi connectivity index (χ1) is 7.66. The van der Waals surface area contributed by atoms with Gasteiger partial charge < -0.3 is 5.73 Å². The third-order valence-electron chi connectivity index (χ3n) is 3.39. The summed E-state index contributed by atoms with van der Waals surface area (Å²) in [7, 11) is 0. The smallest absolute Gasteiger partial charge is 0.223 e. The van der Waals surface area contributed by atoms with Gasteiger partial charge in [-0.2, -0.15) is 0 Å². The van der Waals surface area contributed by atoms with Crippen LogP contribution >= 0.6 is 0 Å². The van der Waals surface area contributed by atoms with E-state index in [1.165, 1.54) is 25.7 Å². The number of nitrogens with two attached hydrogens (primary N) is 1. The fourth-order valence-electron chi connectivity index (χ4n) is 2.02. The van der Waals surface area contributed by atoms with Crippen molar-refractivity contribution in [1.82, 2.24) is 15.0 Å². The number of hydrogen-bond acceptors (Lipinski definition) is 3. The summed E-state index contributed by atoms with van der Waals surface area (Å²) in [5, 5.41) is 8.05. The van der Waals surface area contributed by atoms with Gasteiger partial charge >= 0.3 is 0 Å². The van der Waals surface area contributed by atoms with Gasteiger partial charge in [0.25, 0.3) is 0 Å². The fraction of sp³-hybridized carbons (Fsp3) is 0.727. The summed E-state index contributed by atoms with van der Waals surface area (Å²) < 4.78 is 1.89. The van der Waals surface area contributed by atoms with Gasteiger partial charge in [0, 0.05) is 6.54 Å². The van der Waals surface area contributed by atoms with Crippen molar-refractivity contribution >= 4 is 5.91 Å². The quantitative estimate of drug-likeness (QED) is 0.801. The molecule has 1 aliphatic carbocycles. The van der Waals surface area contributed by atoms with Crippen molar-refractivity contribution in [2.24, 2.45) is 11.7 Å². The number of aryl methyl sites for hydroxylation is 1. The van der Waals surface area contributed by atoms with Crippen LogP contribution in [-0.4, -0.2) is 20.9 Å². The van der Waals surface area contributed by atoms with Crippen molar-refractivity contribution < 1.29 is 4.79 Å². The third-order valence-corrected chi connectivity index (χ3v) is 3.39. The summed E-state index contributed by atoms with van der Waals surface area (Å²) in [6, 6.07) is 0. The Morgan fingerprint density at radius 3 is 2.88 bits per heavy atom. The molecule has 1 saturated carbocycles. The largest absolute Gasteiger partial charge is 0.369 e. The van der Waals surface area contributed by atoms with Crippen LogP contribution in [0.4, 0.5) is 0 Å². The SMILES string of the molecule is Cc1c(CC(N)=O)nnn1CCC1CCC1. The molecule has 2 rings (SSSR count). The van der Waals surface area contributed by atoms with Crippen LogP contribution in [0.15, 0.2) is 0 Å². The van der Waals surface area contributed by atoms with E-state index in [0.717, 1.165) is 18.2 Å². The number of nitrogens with zero attached hydrogens (tertiary/aromatic N) is 3. The maximum atomic E-state index is 10.8. The molecule has 88 valence electrons. The highest BCUT2D eigenvalue weighted by Gasteiger charge is 2.18. The zero-order valence-corrected chi connectivity index (χ0v) is 9.65. The van der Waals surface area contributed by atoms with Crippen LogP contribution in [0.5, 0.6) is 0 Å². The lowest BCUT2D eigenvalue weighted by molar-refractivity contribution is -0.117. The second-order valence-electron chi connectivity index (χ2n) is 4.57. The highest BCUT2D eigenvalue weighted by atomic mass is 16.1. The number of carbonyl (C=O) groups is 1. The molecule has 0 spiro atoms. The summed E-state index contributed by atoms with van der Waals surface area (Å²) in [5.74, 6) is 0.511. The lowest BCUT2D eigenvalue weighted by atomic mass is 9.83. The average Bonchev–Trinajstić information content (AvgIpc) is 2.46. The lowest BCUT2D eigenvalue weighted by Crippen LogP contribution is -2.16. The number of aromatic nitrogens is 3. The average molecular weight is 222 g/mol. The molecule has 5 heteroatoms. The Morgan fingerprint density at radius 2 is 2.31 bits per heavy atom. The molecule has 0 saturated heterocycles. The summed E-state index contributed by atoms with van der Waals surface area (Å²) in [6.07, 6.45) is 5.42. The normalized spacial score (nSPS) is 16.1. The summed E-state index contributed by atoms with van der Waals surface area (Å²) in [5.41, 5.74) is 6.82. The molecule has 1 aromatic rings. The molecule has 0 aliphatic heterocycles. The molecule has 0 bridgehead atoms. The molecular formula is C11H18N4O. The van der Waals surface area contributed by atoms with E-state index in [4.69, 9.17) is 5.73 Å². The van der Waals surface area contributed by atoms with E-state index in [1.54, 1.807) is 0 Å². The molecule has 1 amide bonds. The Labute approximate surface area is 95.0 Å². The first kappa shape index (κ1) is 11.1. The van der Waals surface area contributed by atoms with E-state index in [9.17, 15) is 4.79 Å². The molecule has 1 fully saturated rings. The predicted molar refractivity (Wildman–Crippen MR) is 59.6 cm³/mol. The molecule has 1 aliphatic rings. The fourth-order valence-corrected chi connectivity index (χ4v) is 2.02. The van der Waals surface area contributed by atoms with Crippen LogP contribution in [-0.2, 0) is 17.8 Å². The molecule has 0 unspecified atom stereocenters. The molecule has 1 heterocycles. The Kier molecular flexibility index (Phi) is 3.22. The van der Waals surface area contributed by atoms with Crippen LogP contribution in [0, 0.1) is 12.8 Å². The van der Waals surface area contributed by atoms with Crippen LogP contribution in [0.3, 0.4) is 0 Å². The standard InChI is InChI=1S/C11H18N4O/c1-8-10(7-11(12)16)13-14-15(8)6-5-9-3-2-4-9/h9H,2-7H2,1H3,(H2,12,16). The number of hydrogen-bond donors (Lipinski definition) is 1. The molecule has 1 aromatic heterocycles. The molecular weight excluding hydrogens is 204 g/mol. The Hall–Kier alpha value is -1.39. The second kappa shape index (κ2) is 4.63. The number of rotatable bonds is 5. The zero-order chi connectivity index (χ0) is 11.5. The van der Waals surface area contributed by atoms with E-state index in [-0.39, 0.29) is 12.3 Å². The van der Waals surface area contributed by atoms with Gasteiger partial charge in [-0.3, -0.25) is 4.79 Å². The second-order valence-corrected chi connectivity index (χ2v) is 4.57. The van der Waals surface area contributed by atoms with Gasteiger partial charge in [0.2, 0.25) is 5.91 Å². The molecule has 5 nitrogen and oxygen atoms in total. The van der Waals surface area contributed by atoms with Crippen molar-refractivity contribution in [3.63, 3.8) is 0 Å². The van der Waals surface area contributed by atoms with Gasteiger partial charge in [0.05, 0.1) is 17.8 Å². The van der Waals surface area contributed by atoms with Crippen molar-refractivity contribution in [2.45, 2.75) is 45.6 Å². The monoisotopic (exact) mass is 222 g/mol. The molecule has 0 radical (unpaired) electrons. The first-order valence-electron chi connectivity index (χ1n) is 5.84. The highest BCUT2D eigenvalue weighted by molar-refractivity contribution is 5.76. The highest BCUT2D eigenvalue weighted by Crippen LogP contribution is 2.29. The van der Waals surface area contributed by atoms with E-state index >= 15 is 0 Å². The van der Waals surface area contributed by atoms with E-state index in [0.29, 0.717) is 5.69 Å². The van der Waals surface area contributed by atoms with Crippen LogP contribution in [0.25, 0.3) is 0 Å². The van der Waals surface area contributed by atoms with Gasteiger partial charge in [-0.25, -0.2) is 4.68 Å². The van der Waals surface area contributed by atoms with Gasteiger partial charge in [-0.05, 0) is 19.3 Å². The topological polar surface area (TPSA) is 73.8 Å². The van der Waals surface area contributed by atoms with Gasteiger partial charge in [-0.15, -0.1) is 5.10 Å². The first-order valence-corrected chi connectivity index (χ1v) is 5.84. The van der Waals surface area contributed by atoms with Crippen molar-refractivity contribution in [1.29, 1.82) is 0 Å².